The number of halogens is 2. The molecular formula is C19H16Cl2N4O2. The molecule has 0 aliphatic heterocycles. The topological polar surface area (TPSA) is 76.0 Å². The summed E-state index contributed by atoms with van der Waals surface area (Å²) in [6, 6.07) is 13.8. The fourth-order valence-corrected chi connectivity index (χ4v) is 2.71. The van der Waals surface area contributed by atoms with Gasteiger partial charge in [-0.3, -0.25) is 20.4 Å². The molecule has 0 saturated heterocycles. The number of hydrazine groups is 1. The van der Waals surface area contributed by atoms with Crippen LogP contribution >= 0.6 is 23.2 Å². The number of carbonyl (C=O) groups is 2. The van der Waals surface area contributed by atoms with E-state index in [0.717, 1.165) is 5.56 Å². The lowest BCUT2D eigenvalue weighted by atomic mass is 10.2. The molecule has 3 aromatic rings. The molecule has 0 fully saturated rings. The van der Waals surface area contributed by atoms with E-state index in [1.807, 2.05) is 28.8 Å². The first-order valence-corrected chi connectivity index (χ1v) is 8.82. The molecule has 0 radical (unpaired) electrons. The predicted octanol–water partition coefficient (Wildman–Crippen LogP) is 3.62. The monoisotopic (exact) mass is 402 g/mol. The van der Waals surface area contributed by atoms with Gasteiger partial charge in [0.15, 0.2) is 5.69 Å². The van der Waals surface area contributed by atoms with E-state index < -0.39 is 11.8 Å². The summed E-state index contributed by atoms with van der Waals surface area (Å²) in [4.78, 5) is 28.5. The first-order valence-electron chi connectivity index (χ1n) is 8.06. The molecular weight excluding hydrogens is 387 g/mol. The lowest BCUT2D eigenvalue weighted by molar-refractivity contribution is 0.0843. The minimum atomic E-state index is -0.496. The quantitative estimate of drug-likeness (QED) is 0.654. The summed E-state index contributed by atoms with van der Waals surface area (Å²) in [5, 5.41) is 1.19. The lowest BCUT2D eigenvalue weighted by Crippen LogP contribution is -2.42. The fraction of sp³-hybridized carbons (Fsp3) is 0.105. The Labute approximate surface area is 166 Å². The highest BCUT2D eigenvalue weighted by atomic mass is 35.5. The van der Waals surface area contributed by atoms with Crippen molar-refractivity contribution in [1.82, 2.24) is 20.4 Å². The maximum absolute atomic E-state index is 12.3. The first-order chi connectivity index (χ1) is 12.9. The second kappa shape index (κ2) is 8.24. The molecule has 2 N–H and O–H groups in total. The normalized spacial score (nSPS) is 10.5. The average molecular weight is 403 g/mol. The van der Waals surface area contributed by atoms with E-state index in [9.17, 15) is 9.59 Å². The zero-order chi connectivity index (χ0) is 19.4. The Hall–Kier alpha value is -2.83. The number of imidazole rings is 1. The van der Waals surface area contributed by atoms with Crippen LogP contribution in [0.3, 0.4) is 0 Å². The molecule has 0 unspecified atom stereocenters. The van der Waals surface area contributed by atoms with E-state index in [0.29, 0.717) is 27.8 Å². The van der Waals surface area contributed by atoms with Crippen molar-refractivity contribution in [3.8, 4) is 0 Å². The lowest BCUT2D eigenvalue weighted by Gasteiger charge is -2.08. The summed E-state index contributed by atoms with van der Waals surface area (Å²) in [5.74, 6) is -0.942. The third-order valence-corrected chi connectivity index (χ3v) is 4.48. The van der Waals surface area contributed by atoms with Crippen LogP contribution < -0.4 is 10.9 Å². The van der Waals surface area contributed by atoms with E-state index in [1.165, 1.54) is 0 Å². The molecule has 0 bridgehead atoms. The molecule has 27 heavy (non-hydrogen) atoms. The summed E-state index contributed by atoms with van der Waals surface area (Å²) < 4.78 is 1.85. The molecule has 138 valence electrons. The molecule has 0 saturated carbocycles. The second-order valence-corrected chi connectivity index (χ2v) is 6.72. The van der Waals surface area contributed by atoms with Gasteiger partial charge in [-0.05, 0) is 48.9 Å². The van der Waals surface area contributed by atoms with Gasteiger partial charge >= 0.3 is 0 Å². The van der Waals surface area contributed by atoms with Crippen molar-refractivity contribution >= 4 is 35.0 Å². The Bertz CT molecular complexity index is 966. The van der Waals surface area contributed by atoms with Gasteiger partial charge in [0, 0.05) is 27.8 Å². The highest BCUT2D eigenvalue weighted by Gasteiger charge is 2.16. The SMILES string of the molecule is Cc1c(C(=O)NNC(=O)c2ccc(Cl)cc2)ncn1Cc1ccc(Cl)cc1. The maximum atomic E-state index is 12.3. The van der Waals surface area contributed by atoms with Gasteiger partial charge in [0.2, 0.25) is 0 Å². The summed E-state index contributed by atoms with van der Waals surface area (Å²) in [5.41, 5.74) is 7.07. The molecule has 0 aliphatic carbocycles. The van der Waals surface area contributed by atoms with E-state index in [-0.39, 0.29) is 5.69 Å². The molecule has 6 nitrogen and oxygen atoms in total. The number of hydrogen-bond acceptors (Lipinski definition) is 3. The minimum absolute atomic E-state index is 0.236. The molecule has 1 aromatic heterocycles. The second-order valence-electron chi connectivity index (χ2n) is 5.85. The summed E-state index contributed by atoms with van der Waals surface area (Å²) >= 11 is 11.7. The molecule has 3 rings (SSSR count). The molecule has 2 amide bonds. The van der Waals surface area contributed by atoms with Gasteiger partial charge in [-0.25, -0.2) is 4.98 Å². The molecule has 0 aliphatic rings. The van der Waals surface area contributed by atoms with Crippen molar-refractivity contribution in [2.45, 2.75) is 13.5 Å². The Morgan fingerprint density at radius 3 is 2.11 bits per heavy atom. The van der Waals surface area contributed by atoms with Gasteiger partial charge in [0.1, 0.15) is 0 Å². The highest BCUT2D eigenvalue weighted by Crippen LogP contribution is 2.13. The number of rotatable bonds is 4. The van der Waals surface area contributed by atoms with Crippen LogP contribution in [0.5, 0.6) is 0 Å². The van der Waals surface area contributed by atoms with Crippen LogP contribution in [0.2, 0.25) is 10.0 Å². The van der Waals surface area contributed by atoms with Crippen molar-refractivity contribution in [1.29, 1.82) is 0 Å². The fourth-order valence-electron chi connectivity index (χ4n) is 2.46. The van der Waals surface area contributed by atoms with E-state index >= 15 is 0 Å². The summed E-state index contributed by atoms with van der Waals surface area (Å²) in [7, 11) is 0. The minimum Gasteiger partial charge on any atom is -0.330 e. The van der Waals surface area contributed by atoms with Crippen LogP contribution in [0.25, 0.3) is 0 Å². The van der Waals surface area contributed by atoms with Crippen molar-refractivity contribution < 1.29 is 9.59 Å². The van der Waals surface area contributed by atoms with E-state index in [1.54, 1.807) is 37.5 Å². The van der Waals surface area contributed by atoms with Crippen LogP contribution in [-0.4, -0.2) is 21.4 Å². The molecule has 0 spiro atoms. The highest BCUT2D eigenvalue weighted by molar-refractivity contribution is 6.30. The Morgan fingerprint density at radius 2 is 1.48 bits per heavy atom. The van der Waals surface area contributed by atoms with E-state index in [2.05, 4.69) is 15.8 Å². The number of nitrogens with zero attached hydrogens (tertiary/aromatic N) is 2. The Balaban J connectivity index is 1.63. The average Bonchev–Trinajstić information content (AvgIpc) is 3.02. The molecule has 8 heteroatoms. The number of carbonyl (C=O) groups excluding carboxylic acids is 2. The largest absolute Gasteiger partial charge is 0.330 e. The van der Waals surface area contributed by atoms with Crippen LogP contribution in [0.4, 0.5) is 0 Å². The molecule has 0 atom stereocenters. The molecule has 1 heterocycles. The van der Waals surface area contributed by atoms with Crippen molar-refractivity contribution in [3.05, 3.63) is 87.4 Å². The van der Waals surface area contributed by atoms with Crippen LogP contribution in [0.15, 0.2) is 54.9 Å². The van der Waals surface area contributed by atoms with Crippen LogP contribution in [0, 0.1) is 6.92 Å². The van der Waals surface area contributed by atoms with Crippen LogP contribution in [0.1, 0.15) is 32.1 Å². The van der Waals surface area contributed by atoms with Gasteiger partial charge in [-0.2, -0.15) is 0 Å². The van der Waals surface area contributed by atoms with Crippen molar-refractivity contribution in [2.24, 2.45) is 0 Å². The third-order valence-electron chi connectivity index (χ3n) is 3.98. The number of hydrogen-bond donors (Lipinski definition) is 2. The Kier molecular flexibility index (Phi) is 5.78. The first kappa shape index (κ1) is 18.9. The standard InChI is InChI=1S/C19H16Cl2N4O2/c1-12-17(22-11-25(12)10-13-2-6-15(20)7-3-13)19(27)24-23-18(26)14-4-8-16(21)9-5-14/h2-9,11H,10H2,1H3,(H,23,26)(H,24,27). The van der Waals surface area contributed by atoms with Crippen molar-refractivity contribution in [2.75, 3.05) is 0 Å². The number of benzene rings is 2. The Morgan fingerprint density at radius 1 is 0.926 bits per heavy atom. The number of aromatic nitrogens is 2. The number of amides is 2. The van der Waals surface area contributed by atoms with E-state index in [4.69, 9.17) is 23.2 Å². The third kappa shape index (κ3) is 4.67. The van der Waals surface area contributed by atoms with Gasteiger partial charge in [-0.15, -0.1) is 0 Å². The summed E-state index contributed by atoms with van der Waals surface area (Å²) in [6.07, 6.45) is 1.58. The van der Waals surface area contributed by atoms with Gasteiger partial charge in [0.25, 0.3) is 11.8 Å². The smallest absolute Gasteiger partial charge is 0.290 e. The number of nitrogens with one attached hydrogen (secondary N) is 2. The van der Waals surface area contributed by atoms with Gasteiger partial charge < -0.3 is 4.57 Å². The van der Waals surface area contributed by atoms with Gasteiger partial charge in [0.05, 0.1) is 6.33 Å². The molecule has 2 aromatic carbocycles. The zero-order valence-electron chi connectivity index (χ0n) is 14.4. The maximum Gasteiger partial charge on any atom is 0.290 e. The zero-order valence-corrected chi connectivity index (χ0v) is 15.9. The van der Waals surface area contributed by atoms with Gasteiger partial charge in [-0.1, -0.05) is 35.3 Å². The van der Waals surface area contributed by atoms with Crippen LogP contribution in [-0.2, 0) is 6.54 Å². The van der Waals surface area contributed by atoms with Crippen molar-refractivity contribution in [3.63, 3.8) is 0 Å². The summed E-state index contributed by atoms with van der Waals surface area (Å²) in [6.45, 7) is 2.35. The predicted molar refractivity (Wildman–Crippen MR) is 104 cm³/mol.